The summed E-state index contributed by atoms with van der Waals surface area (Å²) in [4.78, 5) is 18.2. The molecule has 0 amide bonds. The second-order valence-corrected chi connectivity index (χ2v) is 5.50. The van der Waals surface area contributed by atoms with Gasteiger partial charge in [0.1, 0.15) is 0 Å². The Balaban J connectivity index is 2.11. The molecule has 5 heteroatoms. The molecule has 1 N–H and O–H groups in total. The molecule has 0 saturated carbocycles. The molecule has 0 aliphatic carbocycles. The van der Waals surface area contributed by atoms with E-state index in [0.29, 0.717) is 6.54 Å². The lowest BCUT2D eigenvalue weighted by molar-refractivity contribution is -0.140. The van der Waals surface area contributed by atoms with Crippen molar-refractivity contribution in [3.63, 3.8) is 0 Å². The molecule has 0 aliphatic heterocycles. The molecule has 4 nitrogen and oxygen atoms in total. The standard InChI is InChI=1S/C14H16N2O2S/c1-10(13(17)18)9-16(2)14-15-8-12(19-14)11-6-4-3-5-7-11/h3-8,10H,9H2,1-2H3,(H,17,18). The zero-order valence-corrected chi connectivity index (χ0v) is 11.7. The van der Waals surface area contributed by atoms with Gasteiger partial charge in [-0.05, 0) is 5.56 Å². The van der Waals surface area contributed by atoms with Crippen LogP contribution in [0.2, 0.25) is 0 Å². The second kappa shape index (κ2) is 5.84. The normalized spacial score (nSPS) is 12.1. The molecule has 0 fully saturated rings. The molecule has 2 rings (SSSR count). The molecule has 0 bridgehead atoms. The van der Waals surface area contributed by atoms with Crippen LogP contribution in [0.25, 0.3) is 10.4 Å². The molecule has 1 atom stereocenters. The lowest BCUT2D eigenvalue weighted by atomic mass is 10.2. The second-order valence-electron chi connectivity index (χ2n) is 4.49. The summed E-state index contributed by atoms with van der Waals surface area (Å²) in [6, 6.07) is 10.0. The van der Waals surface area contributed by atoms with Crippen LogP contribution in [0.3, 0.4) is 0 Å². The summed E-state index contributed by atoms with van der Waals surface area (Å²) in [5, 5.41) is 9.76. The number of aliphatic carboxylic acids is 1. The van der Waals surface area contributed by atoms with Crippen molar-refractivity contribution < 1.29 is 9.90 Å². The zero-order valence-electron chi connectivity index (χ0n) is 10.9. The molecule has 0 saturated heterocycles. The van der Waals surface area contributed by atoms with Crippen molar-refractivity contribution in [1.29, 1.82) is 0 Å². The Morgan fingerprint density at radius 1 is 1.42 bits per heavy atom. The Morgan fingerprint density at radius 2 is 2.11 bits per heavy atom. The van der Waals surface area contributed by atoms with E-state index in [1.54, 1.807) is 18.3 Å². The Labute approximate surface area is 116 Å². The Morgan fingerprint density at radius 3 is 2.74 bits per heavy atom. The van der Waals surface area contributed by atoms with E-state index in [9.17, 15) is 4.79 Å². The molecule has 1 heterocycles. The van der Waals surface area contributed by atoms with Gasteiger partial charge in [-0.3, -0.25) is 4.79 Å². The summed E-state index contributed by atoms with van der Waals surface area (Å²) in [7, 11) is 1.87. The van der Waals surface area contributed by atoms with Gasteiger partial charge in [-0.1, -0.05) is 48.6 Å². The third-order valence-electron chi connectivity index (χ3n) is 2.85. The van der Waals surface area contributed by atoms with Crippen LogP contribution in [-0.2, 0) is 4.79 Å². The van der Waals surface area contributed by atoms with Crippen molar-refractivity contribution in [2.75, 3.05) is 18.5 Å². The summed E-state index contributed by atoms with van der Waals surface area (Å²) < 4.78 is 0. The van der Waals surface area contributed by atoms with Crippen molar-refractivity contribution in [1.82, 2.24) is 4.98 Å². The molecule has 2 aromatic rings. The molecule has 1 aromatic carbocycles. The SMILES string of the molecule is CC(CN(C)c1ncc(-c2ccccc2)s1)C(=O)O. The van der Waals surface area contributed by atoms with Gasteiger partial charge in [-0.25, -0.2) is 4.98 Å². The van der Waals surface area contributed by atoms with E-state index < -0.39 is 11.9 Å². The van der Waals surface area contributed by atoms with Gasteiger partial charge < -0.3 is 10.0 Å². The number of hydrogen-bond donors (Lipinski definition) is 1. The van der Waals surface area contributed by atoms with E-state index >= 15 is 0 Å². The highest BCUT2D eigenvalue weighted by Gasteiger charge is 2.16. The fraction of sp³-hybridized carbons (Fsp3) is 0.286. The largest absolute Gasteiger partial charge is 0.481 e. The number of thiazole rings is 1. The summed E-state index contributed by atoms with van der Waals surface area (Å²) in [6.45, 7) is 2.15. The van der Waals surface area contributed by atoms with Crippen molar-refractivity contribution >= 4 is 22.4 Å². The van der Waals surface area contributed by atoms with Crippen LogP contribution in [-0.4, -0.2) is 29.7 Å². The minimum atomic E-state index is -0.785. The van der Waals surface area contributed by atoms with Gasteiger partial charge in [0.25, 0.3) is 0 Å². The lowest BCUT2D eigenvalue weighted by Gasteiger charge is -2.17. The number of carboxylic acids is 1. The van der Waals surface area contributed by atoms with Gasteiger partial charge in [0.05, 0.1) is 10.8 Å². The van der Waals surface area contributed by atoms with Crippen molar-refractivity contribution in [2.45, 2.75) is 6.92 Å². The van der Waals surface area contributed by atoms with Gasteiger partial charge in [-0.2, -0.15) is 0 Å². The maximum atomic E-state index is 10.8. The first-order valence-electron chi connectivity index (χ1n) is 6.03. The van der Waals surface area contributed by atoms with E-state index in [2.05, 4.69) is 4.98 Å². The Hall–Kier alpha value is -1.88. The minimum absolute atomic E-state index is 0.408. The van der Waals surface area contributed by atoms with E-state index in [1.165, 1.54) is 0 Å². The van der Waals surface area contributed by atoms with Gasteiger partial charge in [0.2, 0.25) is 0 Å². The van der Waals surface area contributed by atoms with Crippen molar-refractivity contribution in [3.05, 3.63) is 36.5 Å². The van der Waals surface area contributed by atoms with Crippen LogP contribution in [0.5, 0.6) is 0 Å². The van der Waals surface area contributed by atoms with Crippen molar-refractivity contribution in [3.8, 4) is 10.4 Å². The number of rotatable bonds is 5. The fourth-order valence-corrected chi connectivity index (χ4v) is 2.64. The van der Waals surface area contributed by atoms with Crippen LogP contribution in [0, 0.1) is 5.92 Å². The molecule has 100 valence electrons. The van der Waals surface area contributed by atoms with E-state index in [0.717, 1.165) is 15.6 Å². The maximum absolute atomic E-state index is 10.8. The predicted molar refractivity (Wildman–Crippen MR) is 77.6 cm³/mol. The summed E-state index contributed by atoms with van der Waals surface area (Å²) >= 11 is 1.57. The molecule has 1 unspecified atom stereocenters. The summed E-state index contributed by atoms with van der Waals surface area (Å²) in [5.41, 5.74) is 1.13. The minimum Gasteiger partial charge on any atom is -0.481 e. The first-order valence-corrected chi connectivity index (χ1v) is 6.84. The smallest absolute Gasteiger partial charge is 0.308 e. The number of carbonyl (C=O) groups is 1. The number of benzene rings is 1. The molecule has 0 aliphatic rings. The lowest BCUT2D eigenvalue weighted by Crippen LogP contribution is -2.28. The average molecular weight is 276 g/mol. The first kappa shape index (κ1) is 13.5. The number of carboxylic acid groups (broad SMARTS) is 1. The fourth-order valence-electron chi connectivity index (χ4n) is 1.74. The van der Waals surface area contributed by atoms with Crippen LogP contribution in [0.4, 0.5) is 5.13 Å². The van der Waals surface area contributed by atoms with Gasteiger partial charge in [0, 0.05) is 19.8 Å². The van der Waals surface area contributed by atoms with Gasteiger partial charge >= 0.3 is 5.97 Å². The zero-order chi connectivity index (χ0) is 13.8. The van der Waals surface area contributed by atoms with Crippen LogP contribution >= 0.6 is 11.3 Å². The summed E-state index contributed by atoms with van der Waals surface area (Å²) in [5.74, 6) is -1.19. The van der Waals surface area contributed by atoms with Crippen LogP contribution in [0.15, 0.2) is 36.5 Å². The molecular formula is C14H16N2O2S. The van der Waals surface area contributed by atoms with Crippen LogP contribution in [0.1, 0.15) is 6.92 Å². The van der Waals surface area contributed by atoms with Crippen LogP contribution < -0.4 is 4.90 Å². The number of aromatic nitrogens is 1. The quantitative estimate of drug-likeness (QED) is 0.912. The van der Waals surface area contributed by atoms with E-state index in [1.807, 2.05) is 48.5 Å². The predicted octanol–water partition coefficient (Wildman–Crippen LogP) is 2.97. The van der Waals surface area contributed by atoms with Gasteiger partial charge in [0.15, 0.2) is 5.13 Å². The third kappa shape index (κ3) is 3.32. The molecule has 19 heavy (non-hydrogen) atoms. The monoisotopic (exact) mass is 276 g/mol. The molecule has 0 spiro atoms. The highest BCUT2D eigenvalue weighted by Crippen LogP contribution is 2.30. The highest BCUT2D eigenvalue weighted by atomic mass is 32.1. The Kier molecular flexibility index (Phi) is 4.16. The maximum Gasteiger partial charge on any atom is 0.308 e. The Bertz CT molecular complexity index is 554. The molecule has 0 radical (unpaired) electrons. The molecular weight excluding hydrogens is 260 g/mol. The van der Waals surface area contributed by atoms with E-state index in [4.69, 9.17) is 5.11 Å². The third-order valence-corrected chi connectivity index (χ3v) is 4.01. The molecule has 1 aromatic heterocycles. The highest BCUT2D eigenvalue weighted by molar-refractivity contribution is 7.18. The topological polar surface area (TPSA) is 53.4 Å². The first-order chi connectivity index (χ1) is 9.08. The van der Waals surface area contributed by atoms with E-state index in [-0.39, 0.29) is 0 Å². The number of nitrogens with zero attached hydrogens (tertiary/aromatic N) is 2. The number of hydrogen-bond acceptors (Lipinski definition) is 4. The van der Waals surface area contributed by atoms with Gasteiger partial charge in [-0.15, -0.1) is 0 Å². The average Bonchev–Trinajstić information content (AvgIpc) is 2.89. The number of anilines is 1. The summed E-state index contributed by atoms with van der Waals surface area (Å²) in [6.07, 6.45) is 1.83. The van der Waals surface area contributed by atoms with Crippen molar-refractivity contribution in [2.24, 2.45) is 5.92 Å².